The molecule has 1 aromatic carbocycles. The summed E-state index contributed by atoms with van der Waals surface area (Å²) in [5.74, 6) is 0.0569. The Balaban J connectivity index is 1.88. The molecule has 1 amide bonds. The van der Waals surface area contributed by atoms with Gasteiger partial charge in [-0.2, -0.15) is 0 Å². The first-order valence-electron chi connectivity index (χ1n) is 7.30. The molecule has 1 aliphatic rings. The van der Waals surface area contributed by atoms with Crippen LogP contribution in [-0.2, 0) is 4.79 Å². The first-order valence-corrected chi connectivity index (χ1v) is 7.30. The van der Waals surface area contributed by atoms with Crippen molar-refractivity contribution in [2.45, 2.75) is 45.6 Å². The Kier molecular flexibility index (Phi) is 4.33. The molecule has 0 unspecified atom stereocenters. The number of anilines is 2. The van der Waals surface area contributed by atoms with Crippen molar-refractivity contribution in [3.63, 3.8) is 0 Å². The molecule has 1 heterocycles. The minimum atomic E-state index is 0.0569. The van der Waals surface area contributed by atoms with Crippen LogP contribution in [0.4, 0.5) is 11.4 Å². The lowest BCUT2D eigenvalue weighted by atomic mass is 10.0. The Labute approximate surface area is 121 Å². The summed E-state index contributed by atoms with van der Waals surface area (Å²) in [6.45, 7) is 8.34. The average Bonchev–Trinajstić information content (AvgIpc) is 2.72. The summed E-state index contributed by atoms with van der Waals surface area (Å²) in [5.41, 5.74) is 8.54. The molecule has 1 saturated heterocycles. The lowest BCUT2D eigenvalue weighted by Gasteiger charge is -2.31. The van der Waals surface area contributed by atoms with Gasteiger partial charge in [-0.1, -0.05) is 6.07 Å². The summed E-state index contributed by atoms with van der Waals surface area (Å²) in [5, 5.41) is 2.96. The van der Waals surface area contributed by atoms with Gasteiger partial charge in [0.25, 0.3) is 0 Å². The van der Waals surface area contributed by atoms with Gasteiger partial charge < -0.3 is 11.1 Å². The molecule has 1 aromatic rings. The van der Waals surface area contributed by atoms with E-state index in [-0.39, 0.29) is 11.4 Å². The van der Waals surface area contributed by atoms with E-state index in [4.69, 9.17) is 5.73 Å². The molecule has 3 N–H and O–H groups in total. The van der Waals surface area contributed by atoms with Gasteiger partial charge in [-0.15, -0.1) is 0 Å². The molecule has 0 saturated carbocycles. The maximum atomic E-state index is 12.1. The Morgan fingerprint density at radius 3 is 2.85 bits per heavy atom. The van der Waals surface area contributed by atoms with Crippen molar-refractivity contribution in [1.82, 2.24) is 4.90 Å². The van der Waals surface area contributed by atoms with Crippen LogP contribution in [0.15, 0.2) is 18.2 Å². The number of hydrogen-bond donors (Lipinski definition) is 2. The molecule has 0 bridgehead atoms. The highest BCUT2D eigenvalue weighted by Crippen LogP contribution is 2.28. The first kappa shape index (κ1) is 14.9. The Morgan fingerprint density at radius 2 is 2.20 bits per heavy atom. The van der Waals surface area contributed by atoms with Gasteiger partial charge in [0.2, 0.25) is 5.91 Å². The second-order valence-electron chi connectivity index (χ2n) is 6.22. The molecule has 1 aliphatic heterocycles. The molecule has 20 heavy (non-hydrogen) atoms. The molecule has 0 atom stereocenters. The lowest BCUT2D eigenvalue weighted by molar-refractivity contribution is -0.116. The zero-order valence-electron chi connectivity index (χ0n) is 12.7. The largest absolute Gasteiger partial charge is 0.398 e. The average molecular weight is 275 g/mol. The van der Waals surface area contributed by atoms with Crippen molar-refractivity contribution in [2.24, 2.45) is 0 Å². The number of carbonyl (C=O) groups is 1. The van der Waals surface area contributed by atoms with Crippen LogP contribution in [0.1, 0.15) is 38.7 Å². The maximum Gasteiger partial charge on any atom is 0.225 e. The fraction of sp³-hybridized carbons (Fsp3) is 0.562. The summed E-state index contributed by atoms with van der Waals surface area (Å²) in [7, 11) is 0. The quantitative estimate of drug-likeness (QED) is 0.831. The van der Waals surface area contributed by atoms with Gasteiger partial charge in [0.05, 0.1) is 0 Å². The van der Waals surface area contributed by atoms with Crippen molar-refractivity contribution in [3.05, 3.63) is 23.8 Å². The van der Waals surface area contributed by atoms with Crippen molar-refractivity contribution >= 4 is 17.3 Å². The Bertz CT molecular complexity index is 496. The molecular weight excluding hydrogens is 250 g/mol. The van der Waals surface area contributed by atoms with Crippen molar-refractivity contribution < 1.29 is 4.79 Å². The van der Waals surface area contributed by atoms with Gasteiger partial charge >= 0.3 is 0 Å². The van der Waals surface area contributed by atoms with E-state index >= 15 is 0 Å². The summed E-state index contributed by atoms with van der Waals surface area (Å²) in [4.78, 5) is 14.5. The highest BCUT2D eigenvalue weighted by atomic mass is 16.1. The number of rotatable bonds is 4. The molecule has 0 radical (unpaired) electrons. The molecule has 2 rings (SSSR count). The van der Waals surface area contributed by atoms with Gasteiger partial charge in [-0.25, -0.2) is 0 Å². The fourth-order valence-electron chi connectivity index (χ4n) is 2.82. The molecule has 0 spiro atoms. The minimum Gasteiger partial charge on any atom is -0.398 e. The van der Waals surface area contributed by atoms with Crippen LogP contribution in [-0.4, -0.2) is 29.4 Å². The number of hydrogen-bond acceptors (Lipinski definition) is 3. The van der Waals surface area contributed by atoms with E-state index in [0.717, 1.165) is 24.3 Å². The number of nitrogen functional groups attached to an aromatic ring is 1. The summed E-state index contributed by atoms with van der Waals surface area (Å²) >= 11 is 0. The third-order valence-electron chi connectivity index (χ3n) is 4.33. The minimum absolute atomic E-state index is 0.0569. The number of amides is 1. The molecule has 0 aromatic heterocycles. The molecule has 4 heteroatoms. The van der Waals surface area contributed by atoms with Gasteiger partial charge in [0.15, 0.2) is 0 Å². The van der Waals surface area contributed by atoms with Crippen LogP contribution >= 0.6 is 0 Å². The number of benzene rings is 1. The predicted molar refractivity (Wildman–Crippen MR) is 83.7 cm³/mol. The number of nitrogens with zero attached hydrogens (tertiary/aromatic N) is 1. The van der Waals surface area contributed by atoms with E-state index in [9.17, 15) is 4.79 Å². The standard InChI is InChI=1S/C16H25N3O/c1-12-13(17)6-4-7-14(12)18-15(20)8-11-19-10-5-9-16(19,2)3/h4,6-7H,5,8-11,17H2,1-3H3,(H,18,20). The lowest BCUT2D eigenvalue weighted by Crippen LogP contribution is -2.39. The summed E-state index contributed by atoms with van der Waals surface area (Å²) in [6.07, 6.45) is 2.96. The van der Waals surface area contributed by atoms with E-state index in [1.54, 1.807) is 0 Å². The van der Waals surface area contributed by atoms with Crippen LogP contribution in [0.2, 0.25) is 0 Å². The molecule has 0 aliphatic carbocycles. The van der Waals surface area contributed by atoms with Crippen molar-refractivity contribution in [1.29, 1.82) is 0 Å². The highest BCUT2D eigenvalue weighted by molar-refractivity contribution is 5.92. The molecule has 1 fully saturated rings. The van der Waals surface area contributed by atoms with E-state index in [1.807, 2.05) is 25.1 Å². The van der Waals surface area contributed by atoms with Gasteiger partial charge in [-0.3, -0.25) is 9.69 Å². The normalized spacial score (nSPS) is 18.1. The smallest absolute Gasteiger partial charge is 0.225 e. The summed E-state index contributed by atoms with van der Waals surface area (Å²) in [6, 6.07) is 5.60. The number of carbonyl (C=O) groups excluding carboxylic acids is 1. The van der Waals surface area contributed by atoms with Gasteiger partial charge in [0, 0.05) is 29.9 Å². The Morgan fingerprint density at radius 1 is 1.45 bits per heavy atom. The number of likely N-dealkylation sites (tertiary alicyclic amines) is 1. The fourth-order valence-corrected chi connectivity index (χ4v) is 2.82. The highest BCUT2D eigenvalue weighted by Gasteiger charge is 2.31. The second kappa shape index (κ2) is 5.83. The molecule has 110 valence electrons. The van der Waals surface area contributed by atoms with Crippen LogP contribution in [0.25, 0.3) is 0 Å². The van der Waals surface area contributed by atoms with Crippen LogP contribution in [0, 0.1) is 6.92 Å². The van der Waals surface area contributed by atoms with Gasteiger partial charge in [-0.05, 0) is 57.9 Å². The van der Waals surface area contributed by atoms with Crippen LogP contribution < -0.4 is 11.1 Å². The van der Waals surface area contributed by atoms with E-state index in [0.29, 0.717) is 12.1 Å². The second-order valence-corrected chi connectivity index (χ2v) is 6.22. The first-order chi connectivity index (χ1) is 9.40. The Hall–Kier alpha value is -1.55. The maximum absolute atomic E-state index is 12.1. The third-order valence-corrected chi connectivity index (χ3v) is 4.33. The van der Waals surface area contributed by atoms with Gasteiger partial charge in [0.1, 0.15) is 0 Å². The SMILES string of the molecule is Cc1c(N)cccc1NC(=O)CCN1CCCC1(C)C. The van der Waals surface area contributed by atoms with E-state index in [1.165, 1.54) is 12.8 Å². The topological polar surface area (TPSA) is 58.4 Å². The number of nitrogens with two attached hydrogens (primary N) is 1. The number of nitrogens with one attached hydrogen (secondary N) is 1. The van der Waals surface area contributed by atoms with Crippen molar-refractivity contribution in [3.8, 4) is 0 Å². The molecular formula is C16H25N3O. The van der Waals surface area contributed by atoms with Crippen LogP contribution in [0.3, 0.4) is 0 Å². The zero-order valence-corrected chi connectivity index (χ0v) is 12.7. The monoisotopic (exact) mass is 275 g/mol. The van der Waals surface area contributed by atoms with E-state index in [2.05, 4.69) is 24.1 Å². The van der Waals surface area contributed by atoms with Crippen LogP contribution in [0.5, 0.6) is 0 Å². The van der Waals surface area contributed by atoms with Crippen molar-refractivity contribution in [2.75, 3.05) is 24.1 Å². The summed E-state index contributed by atoms with van der Waals surface area (Å²) < 4.78 is 0. The predicted octanol–water partition coefficient (Wildman–Crippen LogP) is 2.78. The third kappa shape index (κ3) is 3.31. The molecule has 4 nitrogen and oxygen atoms in total. The van der Waals surface area contributed by atoms with E-state index < -0.39 is 0 Å². The zero-order chi connectivity index (χ0) is 14.8.